The zero-order valence-electron chi connectivity index (χ0n) is 12.5. The number of anilines is 1. The van der Waals surface area contributed by atoms with Crippen LogP contribution in [-0.4, -0.2) is 5.11 Å². The maximum absolute atomic E-state index is 9.81. The van der Waals surface area contributed by atoms with Crippen LogP contribution in [0.3, 0.4) is 0 Å². The molecule has 2 aromatic carbocycles. The van der Waals surface area contributed by atoms with Crippen molar-refractivity contribution in [3.8, 4) is 5.75 Å². The first-order valence-corrected chi connectivity index (χ1v) is 7.22. The minimum Gasteiger partial charge on any atom is -0.507 e. The van der Waals surface area contributed by atoms with Gasteiger partial charge in [0.15, 0.2) is 0 Å². The van der Waals surface area contributed by atoms with E-state index in [4.69, 9.17) is 0 Å². The summed E-state index contributed by atoms with van der Waals surface area (Å²) in [6.07, 6.45) is 2.24. The van der Waals surface area contributed by atoms with Gasteiger partial charge in [-0.3, -0.25) is 0 Å². The molecule has 2 aromatic rings. The molecule has 2 nitrogen and oxygen atoms in total. The van der Waals surface area contributed by atoms with Crippen molar-refractivity contribution >= 4 is 5.69 Å². The molecule has 0 atom stereocenters. The molecule has 0 bridgehead atoms. The normalized spacial score (nSPS) is 10.6. The summed E-state index contributed by atoms with van der Waals surface area (Å²) >= 11 is 0. The Hall–Kier alpha value is -1.96. The predicted octanol–water partition coefficient (Wildman–Crippen LogP) is 4.57. The monoisotopic (exact) mass is 269 g/mol. The van der Waals surface area contributed by atoms with Crippen molar-refractivity contribution in [2.24, 2.45) is 0 Å². The Kier molecular flexibility index (Phi) is 4.67. The number of para-hydroxylation sites is 1. The minimum absolute atomic E-state index is 0.403. The summed E-state index contributed by atoms with van der Waals surface area (Å²) in [5, 5.41) is 13.3. The molecule has 0 aliphatic carbocycles. The topological polar surface area (TPSA) is 32.3 Å². The van der Waals surface area contributed by atoms with Gasteiger partial charge in [0.1, 0.15) is 5.75 Å². The number of phenolic OH excluding ortho intramolecular Hbond substituents is 1. The lowest BCUT2D eigenvalue weighted by Crippen LogP contribution is -2.03. The lowest BCUT2D eigenvalue weighted by atomic mass is 10.0. The lowest BCUT2D eigenvalue weighted by molar-refractivity contribution is 0.466. The van der Waals surface area contributed by atoms with E-state index in [9.17, 15) is 5.11 Å². The molecule has 20 heavy (non-hydrogen) atoms. The van der Waals surface area contributed by atoms with Crippen molar-refractivity contribution < 1.29 is 5.11 Å². The maximum Gasteiger partial charge on any atom is 0.121 e. The number of hydrogen-bond acceptors (Lipinski definition) is 2. The van der Waals surface area contributed by atoms with Crippen LogP contribution in [0.15, 0.2) is 36.4 Å². The van der Waals surface area contributed by atoms with Gasteiger partial charge in [-0.25, -0.2) is 0 Å². The van der Waals surface area contributed by atoms with Crippen LogP contribution in [0.25, 0.3) is 0 Å². The van der Waals surface area contributed by atoms with E-state index in [0.29, 0.717) is 5.75 Å². The molecule has 106 valence electrons. The molecule has 0 amide bonds. The molecule has 0 heterocycles. The summed E-state index contributed by atoms with van der Waals surface area (Å²) in [6, 6.07) is 12.5. The standard InChI is InChI=1S/C18H23NO/c1-4-7-16-8-5-6-9-17(16)19-12-15-10-13(2)18(20)14(3)11-15/h5-6,8-11,19-20H,4,7,12H2,1-3H3. The van der Waals surface area contributed by atoms with Crippen LogP contribution < -0.4 is 5.32 Å². The summed E-state index contributed by atoms with van der Waals surface area (Å²) in [5.74, 6) is 0.403. The Morgan fingerprint density at radius 2 is 1.70 bits per heavy atom. The second kappa shape index (κ2) is 6.47. The van der Waals surface area contributed by atoms with Gasteiger partial charge >= 0.3 is 0 Å². The second-order valence-electron chi connectivity index (χ2n) is 5.34. The lowest BCUT2D eigenvalue weighted by Gasteiger charge is -2.13. The minimum atomic E-state index is 0.403. The third-order valence-electron chi connectivity index (χ3n) is 3.57. The molecule has 0 spiro atoms. The highest BCUT2D eigenvalue weighted by Crippen LogP contribution is 2.24. The van der Waals surface area contributed by atoms with Crippen LogP contribution in [0.2, 0.25) is 0 Å². The van der Waals surface area contributed by atoms with Gasteiger partial charge < -0.3 is 10.4 Å². The van der Waals surface area contributed by atoms with Crippen LogP contribution in [-0.2, 0) is 13.0 Å². The van der Waals surface area contributed by atoms with Crippen LogP contribution >= 0.6 is 0 Å². The van der Waals surface area contributed by atoms with E-state index in [1.807, 2.05) is 26.0 Å². The molecule has 0 aliphatic rings. The van der Waals surface area contributed by atoms with Gasteiger partial charge in [-0.2, -0.15) is 0 Å². The highest BCUT2D eigenvalue weighted by atomic mass is 16.3. The molecular weight excluding hydrogens is 246 g/mol. The average molecular weight is 269 g/mol. The van der Waals surface area contributed by atoms with Crippen molar-refractivity contribution in [2.75, 3.05) is 5.32 Å². The van der Waals surface area contributed by atoms with Crippen molar-refractivity contribution in [2.45, 2.75) is 40.2 Å². The largest absolute Gasteiger partial charge is 0.507 e. The first kappa shape index (κ1) is 14.4. The summed E-state index contributed by atoms with van der Waals surface area (Å²) in [5.41, 5.74) is 5.64. The van der Waals surface area contributed by atoms with Crippen LogP contribution in [0.1, 0.15) is 35.6 Å². The van der Waals surface area contributed by atoms with Crippen molar-refractivity contribution in [1.29, 1.82) is 0 Å². The smallest absolute Gasteiger partial charge is 0.121 e. The number of rotatable bonds is 5. The molecule has 0 unspecified atom stereocenters. The molecule has 2 heteroatoms. The van der Waals surface area contributed by atoms with E-state index in [2.05, 4.69) is 36.5 Å². The number of benzene rings is 2. The van der Waals surface area contributed by atoms with Crippen molar-refractivity contribution in [1.82, 2.24) is 0 Å². The number of phenols is 1. The van der Waals surface area contributed by atoms with Crippen LogP contribution in [0.5, 0.6) is 5.75 Å². The number of hydrogen-bond donors (Lipinski definition) is 2. The predicted molar refractivity (Wildman–Crippen MR) is 85.3 cm³/mol. The fourth-order valence-electron chi connectivity index (χ4n) is 2.53. The van der Waals surface area contributed by atoms with E-state index in [-0.39, 0.29) is 0 Å². The Morgan fingerprint density at radius 1 is 1.05 bits per heavy atom. The van der Waals surface area contributed by atoms with Gasteiger partial charge in [-0.1, -0.05) is 43.7 Å². The molecular formula is C18H23NO. The maximum atomic E-state index is 9.81. The van der Waals surface area contributed by atoms with Crippen molar-refractivity contribution in [3.05, 3.63) is 58.7 Å². The van der Waals surface area contributed by atoms with E-state index in [1.165, 1.54) is 16.8 Å². The summed E-state index contributed by atoms with van der Waals surface area (Å²) < 4.78 is 0. The summed E-state index contributed by atoms with van der Waals surface area (Å²) in [4.78, 5) is 0. The van der Waals surface area contributed by atoms with Gasteiger partial charge in [0, 0.05) is 12.2 Å². The average Bonchev–Trinajstić information content (AvgIpc) is 2.44. The van der Waals surface area contributed by atoms with E-state index in [1.54, 1.807) is 0 Å². The third-order valence-corrected chi connectivity index (χ3v) is 3.57. The molecule has 2 rings (SSSR count). The summed E-state index contributed by atoms with van der Waals surface area (Å²) in [6.45, 7) is 6.86. The third kappa shape index (κ3) is 3.32. The fraction of sp³-hybridized carbons (Fsp3) is 0.333. The molecule has 0 saturated heterocycles. The zero-order chi connectivity index (χ0) is 14.5. The van der Waals surface area contributed by atoms with Crippen LogP contribution in [0.4, 0.5) is 5.69 Å². The second-order valence-corrected chi connectivity index (χ2v) is 5.34. The Morgan fingerprint density at radius 3 is 2.35 bits per heavy atom. The fourth-order valence-corrected chi connectivity index (χ4v) is 2.53. The number of nitrogens with one attached hydrogen (secondary N) is 1. The van der Waals surface area contributed by atoms with Gasteiger partial charge in [0.2, 0.25) is 0 Å². The first-order valence-electron chi connectivity index (χ1n) is 7.22. The number of aryl methyl sites for hydroxylation is 3. The van der Waals surface area contributed by atoms with E-state index < -0.39 is 0 Å². The molecule has 0 aromatic heterocycles. The van der Waals surface area contributed by atoms with E-state index >= 15 is 0 Å². The quantitative estimate of drug-likeness (QED) is 0.833. The Balaban J connectivity index is 2.13. The molecule has 2 N–H and O–H groups in total. The Labute approximate surface area is 121 Å². The van der Waals surface area contributed by atoms with E-state index in [0.717, 1.165) is 30.5 Å². The number of aromatic hydroxyl groups is 1. The van der Waals surface area contributed by atoms with Gasteiger partial charge in [-0.15, -0.1) is 0 Å². The highest BCUT2D eigenvalue weighted by molar-refractivity contribution is 5.52. The highest BCUT2D eigenvalue weighted by Gasteiger charge is 2.05. The summed E-state index contributed by atoms with van der Waals surface area (Å²) in [7, 11) is 0. The van der Waals surface area contributed by atoms with Crippen molar-refractivity contribution in [3.63, 3.8) is 0 Å². The van der Waals surface area contributed by atoms with Gasteiger partial charge in [-0.05, 0) is 48.6 Å². The van der Waals surface area contributed by atoms with Crippen LogP contribution in [0, 0.1) is 13.8 Å². The molecule has 0 fully saturated rings. The first-order chi connectivity index (χ1) is 9.61. The Bertz CT molecular complexity index is 567. The van der Waals surface area contributed by atoms with Gasteiger partial charge in [0.25, 0.3) is 0 Å². The zero-order valence-corrected chi connectivity index (χ0v) is 12.5. The molecule has 0 aliphatic heterocycles. The molecule has 0 radical (unpaired) electrons. The van der Waals surface area contributed by atoms with Gasteiger partial charge in [0.05, 0.1) is 0 Å². The SMILES string of the molecule is CCCc1ccccc1NCc1cc(C)c(O)c(C)c1. The molecule has 0 saturated carbocycles.